The molecule has 1 aliphatic rings. The zero-order valence-corrected chi connectivity index (χ0v) is 14.8. The monoisotopic (exact) mass is 340 g/mol. The lowest BCUT2D eigenvalue weighted by Gasteiger charge is -2.34. The van der Waals surface area contributed by atoms with Crippen LogP contribution < -0.4 is 5.32 Å². The average molecular weight is 341 g/mol. The first kappa shape index (κ1) is 17.3. The summed E-state index contributed by atoms with van der Waals surface area (Å²) in [6, 6.07) is 9.34. The highest BCUT2D eigenvalue weighted by molar-refractivity contribution is 8.00. The smallest absolute Gasteiger partial charge is 0.317 e. The first-order valence-electron chi connectivity index (χ1n) is 7.65. The normalized spacial score (nSPS) is 20.0. The van der Waals surface area contributed by atoms with Gasteiger partial charge in [0.15, 0.2) is 0 Å². The number of rotatable bonds is 5. The second-order valence-corrected chi connectivity index (χ2v) is 8.61. The van der Waals surface area contributed by atoms with Gasteiger partial charge in [0.2, 0.25) is 0 Å². The quantitative estimate of drug-likeness (QED) is 0.896. The largest absolute Gasteiger partial charge is 0.337 e. The molecule has 22 heavy (non-hydrogen) atoms. The molecule has 1 aliphatic heterocycles. The number of benzene rings is 1. The third-order valence-corrected chi connectivity index (χ3v) is 6.61. The summed E-state index contributed by atoms with van der Waals surface area (Å²) < 4.78 is 12.1. The molecule has 1 N–H and O–H groups in total. The van der Waals surface area contributed by atoms with Gasteiger partial charge in [-0.1, -0.05) is 32.0 Å². The van der Waals surface area contributed by atoms with Gasteiger partial charge < -0.3 is 10.2 Å². The van der Waals surface area contributed by atoms with Crippen molar-refractivity contribution in [3.63, 3.8) is 0 Å². The number of amides is 2. The van der Waals surface area contributed by atoms with Crippen molar-refractivity contribution < 1.29 is 9.00 Å². The molecule has 122 valence electrons. The van der Waals surface area contributed by atoms with E-state index in [9.17, 15) is 9.00 Å². The van der Waals surface area contributed by atoms with Crippen molar-refractivity contribution in [3.8, 4) is 0 Å². The minimum absolute atomic E-state index is 0.0315. The topological polar surface area (TPSA) is 49.4 Å². The highest BCUT2D eigenvalue weighted by Gasteiger charge is 2.25. The van der Waals surface area contributed by atoms with E-state index in [1.165, 1.54) is 0 Å². The molecule has 2 rings (SSSR count). The number of urea groups is 1. The maximum absolute atomic E-state index is 12.2. The molecular formula is C16H24N2O2S2. The van der Waals surface area contributed by atoms with Gasteiger partial charge in [0, 0.05) is 41.3 Å². The number of hydrogen-bond acceptors (Lipinski definition) is 3. The van der Waals surface area contributed by atoms with Crippen LogP contribution in [0.1, 0.15) is 13.8 Å². The summed E-state index contributed by atoms with van der Waals surface area (Å²) >= 11 is 1.95. The molecule has 0 radical (unpaired) electrons. The molecular weight excluding hydrogens is 316 g/mol. The predicted molar refractivity (Wildman–Crippen MR) is 93.8 cm³/mol. The van der Waals surface area contributed by atoms with E-state index in [2.05, 4.69) is 19.2 Å². The molecule has 0 spiro atoms. The summed E-state index contributed by atoms with van der Waals surface area (Å²) in [6.07, 6.45) is 0. The van der Waals surface area contributed by atoms with Crippen LogP contribution >= 0.6 is 11.8 Å². The lowest BCUT2D eigenvalue weighted by Crippen LogP contribution is -2.48. The van der Waals surface area contributed by atoms with Gasteiger partial charge in [-0.3, -0.25) is 4.21 Å². The maximum atomic E-state index is 12.2. The van der Waals surface area contributed by atoms with E-state index >= 15 is 0 Å². The molecule has 0 aliphatic carbocycles. The van der Waals surface area contributed by atoms with E-state index in [-0.39, 0.29) is 6.03 Å². The van der Waals surface area contributed by atoms with Gasteiger partial charge in [0.05, 0.1) is 10.8 Å². The van der Waals surface area contributed by atoms with Crippen LogP contribution in [-0.2, 0) is 10.8 Å². The standard InChI is InChI=1S/C16H24N2O2S2/c1-13(2)15-12-18(9-10-21-15)16(19)17-8-11-22(20)14-6-4-3-5-7-14/h3-7,13,15H,8-12H2,1-2H3,(H,17,19)/t15-,22-/m1/s1. The molecule has 1 fully saturated rings. The van der Waals surface area contributed by atoms with Crippen molar-refractivity contribution in [2.45, 2.75) is 24.0 Å². The Labute approximate surface area is 139 Å². The Morgan fingerprint density at radius 1 is 1.41 bits per heavy atom. The van der Waals surface area contributed by atoms with E-state index < -0.39 is 10.8 Å². The number of nitrogens with zero attached hydrogens (tertiary/aromatic N) is 1. The van der Waals surface area contributed by atoms with Crippen molar-refractivity contribution in [1.29, 1.82) is 0 Å². The first-order chi connectivity index (χ1) is 10.6. The number of nitrogens with one attached hydrogen (secondary N) is 1. The van der Waals surface area contributed by atoms with Crippen molar-refractivity contribution in [2.24, 2.45) is 5.92 Å². The molecule has 0 unspecified atom stereocenters. The molecule has 0 bridgehead atoms. The highest BCUT2D eigenvalue weighted by atomic mass is 32.2. The minimum Gasteiger partial charge on any atom is -0.337 e. The Kier molecular flexibility index (Phi) is 6.76. The van der Waals surface area contributed by atoms with E-state index in [4.69, 9.17) is 0 Å². The fourth-order valence-corrected chi connectivity index (χ4v) is 4.60. The van der Waals surface area contributed by atoms with Crippen molar-refractivity contribution >= 4 is 28.6 Å². The van der Waals surface area contributed by atoms with Gasteiger partial charge in [0.25, 0.3) is 0 Å². The summed E-state index contributed by atoms with van der Waals surface area (Å²) in [7, 11) is -1.06. The Morgan fingerprint density at radius 2 is 2.14 bits per heavy atom. The van der Waals surface area contributed by atoms with E-state index in [0.717, 1.165) is 23.7 Å². The van der Waals surface area contributed by atoms with Crippen molar-refractivity contribution in [3.05, 3.63) is 30.3 Å². The van der Waals surface area contributed by atoms with Crippen LogP contribution in [-0.4, -0.2) is 51.5 Å². The molecule has 6 heteroatoms. The fourth-order valence-electron chi connectivity index (χ4n) is 2.32. The molecule has 1 aromatic carbocycles. The van der Waals surface area contributed by atoms with Crippen LogP contribution in [0.3, 0.4) is 0 Å². The van der Waals surface area contributed by atoms with E-state index in [1.807, 2.05) is 47.0 Å². The fraction of sp³-hybridized carbons (Fsp3) is 0.562. The summed E-state index contributed by atoms with van der Waals surface area (Å²) in [5, 5.41) is 3.41. The molecule has 0 aromatic heterocycles. The Bertz CT molecular complexity index is 508. The number of carbonyl (C=O) groups excluding carboxylic acids is 1. The highest BCUT2D eigenvalue weighted by Crippen LogP contribution is 2.24. The summed E-state index contributed by atoms with van der Waals surface area (Å²) in [5.74, 6) is 2.02. The molecule has 1 saturated heterocycles. The lowest BCUT2D eigenvalue weighted by atomic mass is 10.1. The summed E-state index contributed by atoms with van der Waals surface area (Å²) in [6.45, 7) is 6.43. The summed E-state index contributed by atoms with van der Waals surface area (Å²) in [5.41, 5.74) is 0. The summed E-state index contributed by atoms with van der Waals surface area (Å²) in [4.78, 5) is 14.9. The first-order valence-corrected chi connectivity index (χ1v) is 10.0. The van der Waals surface area contributed by atoms with Crippen LogP contribution in [0, 0.1) is 5.92 Å². The van der Waals surface area contributed by atoms with Crippen LogP contribution in [0.5, 0.6) is 0 Å². The molecule has 1 aromatic rings. The third kappa shape index (κ3) is 5.02. The zero-order chi connectivity index (χ0) is 15.9. The SMILES string of the molecule is CC(C)[C@H]1CN(C(=O)NCC[S@@](=O)c2ccccc2)CCS1. The Morgan fingerprint density at radius 3 is 2.82 bits per heavy atom. The van der Waals surface area contributed by atoms with Crippen LogP contribution in [0.25, 0.3) is 0 Å². The molecule has 0 saturated carbocycles. The van der Waals surface area contributed by atoms with Crippen molar-refractivity contribution in [1.82, 2.24) is 10.2 Å². The van der Waals surface area contributed by atoms with Crippen LogP contribution in [0.15, 0.2) is 35.2 Å². The maximum Gasteiger partial charge on any atom is 0.317 e. The lowest BCUT2D eigenvalue weighted by molar-refractivity contribution is 0.198. The Balaban J connectivity index is 1.75. The van der Waals surface area contributed by atoms with Gasteiger partial charge >= 0.3 is 6.03 Å². The Hall–Kier alpha value is -1.01. The molecule has 2 atom stereocenters. The van der Waals surface area contributed by atoms with Gasteiger partial charge in [-0.15, -0.1) is 0 Å². The second-order valence-electron chi connectivity index (χ2n) is 5.69. The van der Waals surface area contributed by atoms with Gasteiger partial charge in [0.1, 0.15) is 0 Å². The van der Waals surface area contributed by atoms with Gasteiger partial charge in [-0.25, -0.2) is 4.79 Å². The molecule has 4 nitrogen and oxygen atoms in total. The number of hydrogen-bond donors (Lipinski definition) is 1. The van der Waals surface area contributed by atoms with E-state index in [1.54, 1.807) is 0 Å². The van der Waals surface area contributed by atoms with Gasteiger partial charge in [-0.2, -0.15) is 11.8 Å². The van der Waals surface area contributed by atoms with Gasteiger partial charge in [-0.05, 0) is 18.1 Å². The molecule has 2 amide bonds. The minimum atomic E-state index is -1.06. The van der Waals surface area contributed by atoms with Crippen molar-refractivity contribution in [2.75, 3.05) is 31.1 Å². The number of carbonyl (C=O) groups is 1. The zero-order valence-electron chi connectivity index (χ0n) is 13.2. The third-order valence-electron chi connectivity index (χ3n) is 3.69. The second kappa shape index (κ2) is 8.58. The van der Waals surface area contributed by atoms with Crippen LogP contribution in [0.4, 0.5) is 4.79 Å². The van der Waals surface area contributed by atoms with E-state index in [0.29, 0.717) is 23.5 Å². The molecule has 1 heterocycles. The average Bonchev–Trinajstić information content (AvgIpc) is 2.55. The van der Waals surface area contributed by atoms with Crippen LogP contribution in [0.2, 0.25) is 0 Å². The number of thioether (sulfide) groups is 1. The predicted octanol–water partition coefficient (Wildman–Crippen LogP) is 2.58.